The molecule has 3 heterocycles. The maximum atomic E-state index is 12.7. The van der Waals surface area contributed by atoms with Crippen LogP contribution >= 0.6 is 0 Å². The lowest BCUT2D eigenvalue weighted by molar-refractivity contribution is 0.0622. The Kier molecular flexibility index (Phi) is 4.75. The number of aromatic amines is 1. The summed E-state index contributed by atoms with van der Waals surface area (Å²) in [6, 6.07) is 15.8. The fourth-order valence-electron chi connectivity index (χ4n) is 3.21. The number of H-pyrrole nitrogens is 1. The number of nitrogens with zero attached hydrogens (tertiary/aromatic N) is 4. The number of rotatable bonds is 4. The third-order valence-electron chi connectivity index (χ3n) is 4.69. The molecule has 6 nitrogen and oxygen atoms in total. The largest absolute Gasteiger partial charge is 0.335 e. The zero-order chi connectivity index (χ0) is 17.8. The monoisotopic (exact) mass is 347 g/mol. The molecule has 1 aliphatic heterocycles. The van der Waals surface area contributed by atoms with E-state index in [-0.39, 0.29) is 5.91 Å². The van der Waals surface area contributed by atoms with Crippen LogP contribution in [-0.4, -0.2) is 57.1 Å². The van der Waals surface area contributed by atoms with Crippen LogP contribution in [-0.2, 0) is 6.54 Å². The van der Waals surface area contributed by atoms with Crippen molar-refractivity contribution in [3.63, 3.8) is 0 Å². The molecule has 6 heteroatoms. The molecule has 1 amide bonds. The number of carbonyl (C=O) groups is 1. The van der Waals surface area contributed by atoms with Gasteiger partial charge in [0.15, 0.2) is 0 Å². The van der Waals surface area contributed by atoms with Gasteiger partial charge in [-0.05, 0) is 23.8 Å². The van der Waals surface area contributed by atoms with Crippen LogP contribution in [0, 0.1) is 0 Å². The molecule has 132 valence electrons. The maximum Gasteiger partial charge on any atom is 0.271 e. The number of benzene rings is 1. The van der Waals surface area contributed by atoms with E-state index < -0.39 is 0 Å². The topological polar surface area (TPSA) is 65.1 Å². The van der Waals surface area contributed by atoms with Gasteiger partial charge in [0.2, 0.25) is 0 Å². The molecule has 1 aromatic carbocycles. The average Bonchev–Trinajstić information content (AvgIpc) is 3.20. The molecule has 0 aliphatic carbocycles. The molecule has 26 heavy (non-hydrogen) atoms. The molecular weight excluding hydrogens is 326 g/mol. The second kappa shape index (κ2) is 7.49. The fourth-order valence-corrected chi connectivity index (χ4v) is 3.21. The first kappa shape index (κ1) is 16.5. The summed E-state index contributed by atoms with van der Waals surface area (Å²) in [5.74, 6) is 0.0169. The Morgan fingerprint density at radius 3 is 2.46 bits per heavy atom. The summed E-state index contributed by atoms with van der Waals surface area (Å²) in [6.45, 7) is 4.08. The van der Waals surface area contributed by atoms with Gasteiger partial charge in [0.05, 0.1) is 5.69 Å². The van der Waals surface area contributed by atoms with E-state index in [2.05, 4.69) is 20.1 Å². The van der Waals surface area contributed by atoms with Crippen LogP contribution in [0.3, 0.4) is 0 Å². The van der Waals surface area contributed by atoms with E-state index in [1.807, 2.05) is 65.8 Å². The molecule has 1 saturated heterocycles. The number of carbonyl (C=O) groups excluding carboxylic acids is 1. The Morgan fingerprint density at radius 1 is 1.00 bits per heavy atom. The number of aromatic nitrogens is 3. The smallest absolute Gasteiger partial charge is 0.271 e. The summed E-state index contributed by atoms with van der Waals surface area (Å²) < 4.78 is 0. The van der Waals surface area contributed by atoms with Gasteiger partial charge in [0, 0.05) is 50.7 Å². The van der Waals surface area contributed by atoms with Crippen molar-refractivity contribution < 1.29 is 4.79 Å². The Labute approximate surface area is 152 Å². The van der Waals surface area contributed by atoms with Crippen molar-refractivity contribution in [2.24, 2.45) is 0 Å². The normalized spacial score (nSPS) is 15.2. The van der Waals surface area contributed by atoms with E-state index in [1.165, 1.54) is 5.56 Å². The molecular formula is C20H21N5O. The molecule has 1 N–H and O–H groups in total. The third-order valence-corrected chi connectivity index (χ3v) is 4.69. The summed E-state index contributed by atoms with van der Waals surface area (Å²) in [6.07, 6.45) is 3.63. The van der Waals surface area contributed by atoms with E-state index in [0.717, 1.165) is 44.0 Å². The Bertz CT molecular complexity index is 854. The summed E-state index contributed by atoms with van der Waals surface area (Å²) in [5, 5.41) is 7.17. The Balaban J connectivity index is 1.36. The summed E-state index contributed by atoms with van der Waals surface area (Å²) in [5.41, 5.74) is 3.60. The number of hydrogen-bond donors (Lipinski definition) is 1. The molecule has 0 radical (unpaired) electrons. The highest BCUT2D eigenvalue weighted by atomic mass is 16.2. The van der Waals surface area contributed by atoms with Gasteiger partial charge in [-0.25, -0.2) is 0 Å². The number of nitrogens with one attached hydrogen (secondary N) is 1. The van der Waals surface area contributed by atoms with Gasteiger partial charge in [-0.15, -0.1) is 0 Å². The van der Waals surface area contributed by atoms with Crippen molar-refractivity contribution in [2.45, 2.75) is 6.54 Å². The molecule has 0 bridgehead atoms. The predicted molar refractivity (Wildman–Crippen MR) is 99.4 cm³/mol. The average molecular weight is 347 g/mol. The summed E-state index contributed by atoms with van der Waals surface area (Å²) in [4.78, 5) is 21.0. The first-order chi connectivity index (χ1) is 12.8. The zero-order valence-corrected chi connectivity index (χ0v) is 14.5. The van der Waals surface area contributed by atoms with Gasteiger partial charge in [-0.3, -0.25) is 19.8 Å². The van der Waals surface area contributed by atoms with E-state index in [9.17, 15) is 4.79 Å². The van der Waals surface area contributed by atoms with Crippen molar-refractivity contribution >= 4 is 5.91 Å². The van der Waals surface area contributed by atoms with E-state index in [4.69, 9.17) is 0 Å². The van der Waals surface area contributed by atoms with Gasteiger partial charge in [-0.2, -0.15) is 5.10 Å². The van der Waals surface area contributed by atoms with Crippen LogP contribution in [0.4, 0.5) is 0 Å². The highest BCUT2D eigenvalue weighted by Crippen LogP contribution is 2.18. The highest BCUT2D eigenvalue weighted by molar-refractivity contribution is 5.93. The van der Waals surface area contributed by atoms with Crippen molar-refractivity contribution in [3.05, 3.63) is 72.2 Å². The molecule has 0 atom stereocenters. The number of hydrogen-bond acceptors (Lipinski definition) is 4. The SMILES string of the molecule is O=C(c1cc(-c2ccccc2)n[nH]1)N1CCN(Cc2ccncc2)CC1. The highest BCUT2D eigenvalue weighted by Gasteiger charge is 2.23. The fraction of sp³-hybridized carbons (Fsp3) is 0.250. The van der Waals surface area contributed by atoms with E-state index in [0.29, 0.717) is 5.69 Å². The molecule has 4 rings (SSSR count). The molecule has 3 aromatic rings. The number of amides is 1. The van der Waals surface area contributed by atoms with Crippen LogP contribution in [0.1, 0.15) is 16.1 Å². The van der Waals surface area contributed by atoms with Crippen LogP contribution in [0.5, 0.6) is 0 Å². The zero-order valence-electron chi connectivity index (χ0n) is 14.5. The quantitative estimate of drug-likeness (QED) is 0.787. The predicted octanol–water partition coefficient (Wildman–Crippen LogP) is 2.43. The van der Waals surface area contributed by atoms with Gasteiger partial charge >= 0.3 is 0 Å². The van der Waals surface area contributed by atoms with E-state index >= 15 is 0 Å². The Morgan fingerprint density at radius 2 is 1.73 bits per heavy atom. The van der Waals surface area contributed by atoms with Gasteiger partial charge in [-0.1, -0.05) is 30.3 Å². The van der Waals surface area contributed by atoms with Crippen LogP contribution in [0.2, 0.25) is 0 Å². The van der Waals surface area contributed by atoms with E-state index in [1.54, 1.807) is 0 Å². The van der Waals surface area contributed by atoms with Crippen molar-refractivity contribution in [3.8, 4) is 11.3 Å². The second-order valence-electron chi connectivity index (χ2n) is 6.46. The molecule has 2 aromatic heterocycles. The molecule has 0 saturated carbocycles. The van der Waals surface area contributed by atoms with Crippen molar-refractivity contribution in [2.75, 3.05) is 26.2 Å². The minimum Gasteiger partial charge on any atom is -0.335 e. The van der Waals surface area contributed by atoms with Gasteiger partial charge in [0.1, 0.15) is 5.69 Å². The molecule has 1 aliphatic rings. The van der Waals surface area contributed by atoms with Gasteiger partial charge < -0.3 is 4.90 Å². The summed E-state index contributed by atoms with van der Waals surface area (Å²) >= 11 is 0. The first-order valence-electron chi connectivity index (χ1n) is 8.81. The number of piperazine rings is 1. The third kappa shape index (κ3) is 3.65. The lowest BCUT2D eigenvalue weighted by atomic mass is 10.1. The molecule has 0 spiro atoms. The number of pyridine rings is 1. The minimum absolute atomic E-state index is 0.0169. The second-order valence-corrected chi connectivity index (χ2v) is 6.46. The van der Waals surface area contributed by atoms with Crippen LogP contribution in [0.15, 0.2) is 60.9 Å². The van der Waals surface area contributed by atoms with Gasteiger partial charge in [0.25, 0.3) is 5.91 Å². The first-order valence-corrected chi connectivity index (χ1v) is 8.81. The lowest BCUT2D eigenvalue weighted by Gasteiger charge is -2.34. The van der Waals surface area contributed by atoms with Crippen molar-refractivity contribution in [1.82, 2.24) is 25.0 Å². The minimum atomic E-state index is 0.0169. The maximum absolute atomic E-state index is 12.7. The van der Waals surface area contributed by atoms with Crippen LogP contribution in [0.25, 0.3) is 11.3 Å². The lowest BCUT2D eigenvalue weighted by Crippen LogP contribution is -2.48. The molecule has 1 fully saturated rings. The molecule has 0 unspecified atom stereocenters. The van der Waals surface area contributed by atoms with Crippen molar-refractivity contribution in [1.29, 1.82) is 0 Å². The summed E-state index contributed by atoms with van der Waals surface area (Å²) in [7, 11) is 0. The van der Waals surface area contributed by atoms with Crippen LogP contribution < -0.4 is 0 Å². The standard InChI is InChI=1S/C20H21N5O/c26-20(19-14-18(22-23-19)17-4-2-1-3-5-17)25-12-10-24(11-13-25)15-16-6-8-21-9-7-16/h1-9,14H,10-13,15H2,(H,22,23). The Hall–Kier alpha value is -2.99.